The molecule has 2 atom stereocenters. The fourth-order valence-electron chi connectivity index (χ4n) is 4.11. The third kappa shape index (κ3) is 4.98. The van der Waals surface area contributed by atoms with Gasteiger partial charge in [-0.25, -0.2) is 13.1 Å². The minimum atomic E-state index is -3.48. The molecule has 2 aliphatic heterocycles. The van der Waals surface area contributed by atoms with E-state index in [0.717, 1.165) is 41.8 Å². The molecule has 0 radical (unpaired) electrons. The molecule has 6 nitrogen and oxygen atoms in total. The van der Waals surface area contributed by atoms with Crippen molar-refractivity contribution in [3.05, 3.63) is 58.1 Å². The molecule has 2 aliphatic rings. The topological polar surface area (TPSA) is 82.4 Å². The number of likely N-dealkylation sites (tertiary alicyclic amines) is 1. The fraction of sp³-hybridized carbons (Fsp3) is 0.381. The normalized spacial score (nSPS) is 20.4. The van der Waals surface area contributed by atoms with Crippen LogP contribution in [0.3, 0.4) is 0 Å². The van der Waals surface area contributed by atoms with Gasteiger partial charge in [-0.15, -0.1) is 12.4 Å². The fourth-order valence-corrected chi connectivity index (χ4v) is 5.45. The van der Waals surface area contributed by atoms with Gasteiger partial charge in [-0.05, 0) is 55.4 Å². The van der Waals surface area contributed by atoms with Crippen molar-refractivity contribution >= 4 is 38.4 Å². The molecule has 9 heteroatoms. The second-order valence-electron chi connectivity index (χ2n) is 7.51. The molecule has 0 bridgehead atoms. The molecule has 2 heterocycles. The van der Waals surface area contributed by atoms with E-state index in [-0.39, 0.29) is 17.3 Å². The first kappa shape index (κ1) is 23.0. The molecule has 1 N–H and O–H groups in total. The molecule has 30 heavy (non-hydrogen) atoms. The van der Waals surface area contributed by atoms with Gasteiger partial charge >= 0.3 is 0 Å². The molecule has 0 aromatic heterocycles. The molecule has 0 aliphatic carbocycles. The number of halogens is 2. The van der Waals surface area contributed by atoms with E-state index in [1.165, 1.54) is 0 Å². The van der Waals surface area contributed by atoms with Gasteiger partial charge in [-0.3, -0.25) is 0 Å². The van der Waals surface area contributed by atoms with Crippen molar-refractivity contribution in [2.24, 2.45) is 5.92 Å². The summed E-state index contributed by atoms with van der Waals surface area (Å²) in [6.45, 7) is 3.75. The number of benzene rings is 2. The summed E-state index contributed by atoms with van der Waals surface area (Å²) in [6.07, 6.45) is 0.737. The maximum Gasteiger partial charge on any atom is 0.240 e. The summed E-state index contributed by atoms with van der Waals surface area (Å²) in [6, 6.07) is 14.5. The van der Waals surface area contributed by atoms with Crippen molar-refractivity contribution in [2.45, 2.75) is 17.2 Å². The first-order chi connectivity index (χ1) is 14.0. The molecule has 1 saturated heterocycles. The summed E-state index contributed by atoms with van der Waals surface area (Å²) in [4.78, 5) is 2.63. The van der Waals surface area contributed by atoms with Gasteiger partial charge in [0.05, 0.1) is 23.1 Å². The zero-order valence-electron chi connectivity index (χ0n) is 16.3. The molecule has 1 unspecified atom stereocenters. The standard InChI is InChI=1S/C21H22BrN3O3S.ClH/c22-17-3-5-18(6-4-17)29(26,27)24-8-1-9-25-12-16-14-28-21-7-2-15(11-23)10-19(21)20(16)13-25;/h2-7,10,16,20,24H,1,8-9,12-14H2;1H/t16-,20?;/m0./s1. The van der Waals surface area contributed by atoms with Crippen LogP contribution in [0, 0.1) is 17.2 Å². The van der Waals surface area contributed by atoms with E-state index in [1.807, 2.05) is 12.1 Å². The highest BCUT2D eigenvalue weighted by Gasteiger charge is 2.38. The highest BCUT2D eigenvalue weighted by molar-refractivity contribution is 9.10. The van der Waals surface area contributed by atoms with Crippen molar-refractivity contribution in [2.75, 3.05) is 32.8 Å². The van der Waals surface area contributed by atoms with E-state index >= 15 is 0 Å². The van der Waals surface area contributed by atoms with Crippen LogP contribution in [0.25, 0.3) is 0 Å². The smallest absolute Gasteiger partial charge is 0.240 e. The minimum absolute atomic E-state index is 0. The molecular formula is C21H23BrClN3O3S. The molecular weight excluding hydrogens is 490 g/mol. The molecule has 2 aromatic carbocycles. The van der Waals surface area contributed by atoms with Gasteiger partial charge < -0.3 is 9.64 Å². The highest BCUT2D eigenvalue weighted by atomic mass is 79.9. The van der Waals surface area contributed by atoms with Crippen molar-refractivity contribution in [3.8, 4) is 11.8 Å². The number of nitrogens with one attached hydrogen (secondary N) is 1. The van der Waals surface area contributed by atoms with E-state index in [2.05, 4.69) is 31.6 Å². The van der Waals surface area contributed by atoms with Crippen LogP contribution in [0.5, 0.6) is 5.75 Å². The number of hydrogen-bond acceptors (Lipinski definition) is 5. The van der Waals surface area contributed by atoms with Crippen LogP contribution in [0.15, 0.2) is 51.8 Å². The summed E-state index contributed by atoms with van der Waals surface area (Å²) < 4.78 is 34.1. The average Bonchev–Trinajstić information content (AvgIpc) is 3.15. The third-order valence-corrected chi connectivity index (χ3v) is 7.58. The Morgan fingerprint density at radius 3 is 2.70 bits per heavy atom. The molecule has 0 amide bonds. The van der Waals surface area contributed by atoms with E-state index in [9.17, 15) is 13.7 Å². The number of nitriles is 1. The Balaban J connectivity index is 0.00000256. The summed E-state index contributed by atoms with van der Waals surface area (Å²) in [7, 11) is -3.48. The van der Waals surface area contributed by atoms with Crippen LogP contribution >= 0.6 is 28.3 Å². The maximum absolute atomic E-state index is 12.4. The number of ether oxygens (including phenoxy) is 1. The van der Waals surface area contributed by atoms with Crippen molar-refractivity contribution in [3.63, 3.8) is 0 Å². The average molecular weight is 513 g/mol. The lowest BCUT2D eigenvalue weighted by atomic mass is 9.86. The molecule has 1 fully saturated rings. The zero-order valence-corrected chi connectivity index (χ0v) is 19.5. The Bertz CT molecular complexity index is 1040. The minimum Gasteiger partial charge on any atom is -0.493 e. The number of nitrogens with zero attached hydrogens (tertiary/aromatic N) is 2. The lowest BCUT2D eigenvalue weighted by Crippen LogP contribution is -2.29. The van der Waals surface area contributed by atoms with E-state index in [4.69, 9.17) is 4.74 Å². The maximum atomic E-state index is 12.4. The number of rotatable bonds is 6. The number of hydrogen-bond donors (Lipinski definition) is 1. The molecule has 0 saturated carbocycles. The second kappa shape index (κ2) is 9.67. The monoisotopic (exact) mass is 511 g/mol. The van der Waals surface area contributed by atoms with E-state index in [0.29, 0.717) is 30.6 Å². The van der Waals surface area contributed by atoms with Gasteiger partial charge in [-0.1, -0.05) is 15.9 Å². The van der Waals surface area contributed by atoms with Crippen molar-refractivity contribution in [1.29, 1.82) is 5.26 Å². The Kier molecular flexibility index (Phi) is 7.43. The predicted molar refractivity (Wildman–Crippen MR) is 121 cm³/mol. The summed E-state index contributed by atoms with van der Waals surface area (Å²) in [5, 5.41) is 9.18. The van der Waals surface area contributed by atoms with Crippen molar-refractivity contribution < 1.29 is 13.2 Å². The highest BCUT2D eigenvalue weighted by Crippen LogP contribution is 2.41. The van der Waals surface area contributed by atoms with Gasteiger partial charge in [0.25, 0.3) is 0 Å². The van der Waals surface area contributed by atoms with Crippen LogP contribution in [0.2, 0.25) is 0 Å². The quantitative estimate of drug-likeness (QED) is 0.599. The van der Waals surface area contributed by atoms with Gasteiger partial charge in [0.2, 0.25) is 10.0 Å². The molecule has 0 spiro atoms. The first-order valence-electron chi connectivity index (χ1n) is 9.61. The van der Waals surface area contributed by atoms with Gasteiger partial charge in [-0.2, -0.15) is 5.26 Å². The zero-order chi connectivity index (χ0) is 20.4. The number of sulfonamides is 1. The Hall–Kier alpha value is -1.63. The van der Waals surface area contributed by atoms with Crippen LogP contribution in [-0.4, -0.2) is 46.1 Å². The summed E-state index contributed by atoms with van der Waals surface area (Å²) >= 11 is 3.31. The second-order valence-corrected chi connectivity index (χ2v) is 10.2. The molecule has 2 aromatic rings. The SMILES string of the molecule is Cl.N#Cc1ccc2c(c1)C1CN(CCCNS(=O)(=O)c3ccc(Br)cc3)C[C@H]1CO2. The van der Waals surface area contributed by atoms with E-state index < -0.39 is 10.0 Å². The Labute approximate surface area is 191 Å². The van der Waals surface area contributed by atoms with Gasteiger partial charge in [0.1, 0.15) is 5.75 Å². The lowest BCUT2D eigenvalue weighted by molar-refractivity contribution is 0.212. The third-order valence-electron chi connectivity index (χ3n) is 5.58. The summed E-state index contributed by atoms with van der Waals surface area (Å²) in [5.41, 5.74) is 1.78. The molecule has 160 valence electrons. The van der Waals surface area contributed by atoms with E-state index in [1.54, 1.807) is 30.3 Å². The molecule has 4 rings (SSSR count). The largest absolute Gasteiger partial charge is 0.493 e. The van der Waals surface area contributed by atoms with Gasteiger partial charge in [0, 0.05) is 41.5 Å². The van der Waals surface area contributed by atoms with Gasteiger partial charge in [0.15, 0.2) is 0 Å². The van der Waals surface area contributed by atoms with Crippen LogP contribution in [-0.2, 0) is 10.0 Å². The lowest BCUT2D eigenvalue weighted by Gasteiger charge is -2.27. The van der Waals surface area contributed by atoms with Crippen LogP contribution in [0.1, 0.15) is 23.5 Å². The Morgan fingerprint density at radius 1 is 1.20 bits per heavy atom. The van der Waals surface area contributed by atoms with Crippen LogP contribution in [0.4, 0.5) is 0 Å². The Morgan fingerprint density at radius 2 is 1.97 bits per heavy atom. The van der Waals surface area contributed by atoms with Crippen molar-refractivity contribution in [1.82, 2.24) is 9.62 Å². The van der Waals surface area contributed by atoms with Crippen LogP contribution < -0.4 is 9.46 Å². The number of fused-ring (bicyclic) bond motifs is 3. The predicted octanol–water partition coefficient (Wildman–Crippen LogP) is 3.52. The summed E-state index contributed by atoms with van der Waals surface area (Å²) in [5.74, 6) is 1.66. The first-order valence-corrected chi connectivity index (χ1v) is 11.9.